The van der Waals surface area contributed by atoms with Crippen molar-refractivity contribution >= 4 is 28.1 Å². The average Bonchev–Trinajstić information content (AvgIpc) is 2.65. The van der Waals surface area contributed by atoms with Crippen LogP contribution in [0.2, 0.25) is 0 Å². The third-order valence-corrected chi connectivity index (χ3v) is 3.92. The molecule has 0 atom stereocenters. The third kappa shape index (κ3) is 3.20. The molecule has 0 aromatic carbocycles. The molecule has 1 heterocycles. The molecule has 0 unspecified atom stereocenters. The van der Waals surface area contributed by atoms with Gasteiger partial charge in [-0.1, -0.05) is 34.6 Å². The fraction of sp³-hybridized carbons (Fsp3) is 0.600. The van der Waals surface area contributed by atoms with Crippen molar-refractivity contribution in [1.29, 1.82) is 0 Å². The maximum atomic E-state index is 12.4. The lowest BCUT2D eigenvalue weighted by molar-refractivity contribution is 0.0529. The summed E-state index contributed by atoms with van der Waals surface area (Å²) >= 11 is 1.14. The van der Waals surface area contributed by atoms with E-state index >= 15 is 0 Å². The lowest BCUT2D eigenvalue weighted by atomic mass is 9.81. The summed E-state index contributed by atoms with van der Waals surface area (Å²) in [5.74, 6) is -0.598. The van der Waals surface area contributed by atoms with Gasteiger partial charge < -0.3 is 10.5 Å². The van der Waals surface area contributed by atoms with Crippen LogP contribution in [0.5, 0.6) is 0 Å². The van der Waals surface area contributed by atoms with Gasteiger partial charge in [0.15, 0.2) is 5.78 Å². The van der Waals surface area contributed by atoms with E-state index in [2.05, 4.69) is 0 Å². The Labute approximate surface area is 124 Å². The molecule has 0 saturated carbocycles. The molecule has 0 bridgehead atoms. The Morgan fingerprint density at radius 3 is 2.25 bits per heavy atom. The van der Waals surface area contributed by atoms with Crippen LogP contribution in [0, 0.1) is 5.92 Å². The van der Waals surface area contributed by atoms with Gasteiger partial charge in [0.05, 0.1) is 17.2 Å². The van der Waals surface area contributed by atoms with Crippen LogP contribution in [0.1, 0.15) is 67.1 Å². The fourth-order valence-corrected chi connectivity index (χ4v) is 3.22. The van der Waals surface area contributed by atoms with Gasteiger partial charge in [-0.2, -0.15) is 0 Å². The summed E-state index contributed by atoms with van der Waals surface area (Å²) < 4.78 is 5.08. The van der Waals surface area contributed by atoms with Gasteiger partial charge in [-0.25, -0.2) is 4.79 Å². The van der Waals surface area contributed by atoms with E-state index < -0.39 is 5.97 Å². The number of thiophene rings is 1. The number of carbonyl (C=O) groups excluding carboxylic acids is 2. The second-order valence-corrected chi connectivity index (χ2v) is 7.09. The van der Waals surface area contributed by atoms with E-state index in [1.54, 1.807) is 6.92 Å². The standard InChI is InChI=1S/C15H23NO3S/c1-7-19-14(18)12-10(15(4,5)6)9(13(16)20-12)11(17)8(2)3/h8H,7,16H2,1-6H3. The zero-order chi connectivity index (χ0) is 15.7. The van der Waals surface area contributed by atoms with Crippen molar-refractivity contribution in [2.75, 3.05) is 12.3 Å². The molecule has 1 aromatic heterocycles. The molecular weight excluding hydrogens is 274 g/mol. The van der Waals surface area contributed by atoms with Crippen molar-refractivity contribution in [1.82, 2.24) is 0 Å². The van der Waals surface area contributed by atoms with Crippen LogP contribution in [-0.4, -0.2) is 18.4 Å². The first-order valence-corrected chi connectivity index (χ1v) is 7.56. The highest BCUT2D eigenvalue weighted by molar-refractivity contribution is 7.18. The molecule has 0 fully saturated rings. The maximum Gasteiger partial charge on any atom is 0.348 e. The first kappa shape index (κ1) is 16.7. The van der Waals surface area contributed by atoms with Gasteiger partial charge in [-0.3, -0.25) is 4.79 Å². The summed E-state index contributed by atoms with van der Waals surface area (Å²) in [5.41, 5.74) is 6.84. The van der Waals surface area contributed by atoms with Crippen molar-refractivity contribution in [2.45, 2.75) is 47.0 Å². The van der Waals surface area contributed by atoms with Crippen LogP contribution in [0.15, 0.2) is 0 Å². The van der Waals surface area contributed by atoms with Crippen molar-refractivity contribution in [3.63, 3.8) is 0 Å². The van der Waals surface area contributed by atoms with E-state index in [4.69, 9.17) is 10.5 Å². The summed E-state index contributed by atoms with van der Waals surface area (Å²) in [6, 6.07) is 0. The van der Waals surface area contributed by atoms with Crippen molar-refractivity contribution in [3.05, 3.63) is 16.0 Å². The number of ketones is 1. The van der Waals surface area contributed by atoms with Gasteiger partial charge in [0.1, 0.15) is 4.88 Å². The lowest BCUT2D eigenvalue weighted by Gasteiger charge is -2.22. The van der Waals surface area contributed by atoms with Crippen molar-refractivity contribution in [2.24, 2.45) is 5.92 Å². The minimum absolute atomic E-state index is 0.0285. The number of nitrogen functional groups attached to an aromatic ring is 1. The molecule has 112 valence electrons. The number of esters is 1. The number of ether oxygens (including phenoxy) is 1. The number of carbonyl (C=O) groups is 2. The van der Waals surface area contributed by atoms with Gasteiger partial charge in [-0.05, 0) is 17.9 Å². The molecule has 0 aliphatic rings. The molecule has 4 nitrogen and oxygen atoms in total. The Morgan fingerprint density at radius 1 is 1.30 bits per heavy atom. The minimum atomic E-state index is -0.406. The number of hydrogen-bond acceptors (Lipinski definition) is 5. The van der Waals surface area contributed by atoms with Crippen LogP contribution in [0.3, 0.4) is 0 Å². The Hall–Kier alpha value is -1.36. The van der Waals surface area contributed by atoms with E-state index in [1.165, 1.54) is 0 Å². The van der Waals surface area contributed by atoms with Crippen LogP contribution < -0.4 is 5.73 Å². The van der Waals surface area contributed by atoms with Gasteiger partial charge in [0, 0.05) is 5.92 Å². The number of rotatable bonds is 4. The average molecular weight is 297 g/mol. The van der Waals surface area contributed by atoms with Gasteiger partial charge in [0.25, 0.3) is 0 Å². The smallest absolute Gasteiger partial charge is 0.348 e. The van der Waals surface area contributed by atoms with Crippen LogP contribution in [0.25, 0.3) is 0 Å². The zero-order valence-corrected chi connectivity index (χ0v) is 13.8. The molecule has 1 rings (SSSR count). The Bertz CT molecular complexity index is 524. The molecular formula is C15H23NO3S. The fourth-order valence-electron chi connectivity index (χ4n) is 2.04. The summed E-state index contributed by atoms with van der Waals surface area (Å²) in [7, 11) is 0. The first-order chi connectivity index (χ1) is 9.11. The van der Waals surface area contributed by atoms with E-state index in [9.17, 15) is 9.59 Å². The SMILES string of the molecule is CCOC(=O)c1sc(N)c(C(=O)C(C)C)c1C(C)(C)C. The highest BCUT2D eigenvalue weighted by atomic mass is 32.1. The molecule has 5 heteroatoms. The molecule has 0 spiro atoms. The second kappa shape index (κ2) is 5.95. The molecule has 0 radical (unpaired) electrons. The molecule has 1 aromatic rings. The molecule has 0 aliphatic heterocycles. The van der Waals surface area contributed by atoms with Gasteiger partial charge >= 0.3 is 5.97 Å². The van der Waals surface area contributed by atoms with Gasteiger partial charge in [-0.15, -0.1) is 11.3 Å². The zero-order valence-electron chi connectivity index (χ0n) is 13.0. The summed E-state index contributed by atoms with van der Waals surface area (Å²) in [6.45, 7) is 11.6. The van der Waals surface area contributed by atoms with Crippen LogP contribution >= 0.6 is 11.3 Å². The Morgan fingerprint density at radius 2 is 1.85 bits per heavy atom. The van der Waals surface area contributed by atoms with Crippen LogP contribution in [-0.2, 0) is 10.2 Å². The summed E-state index contributed by atoms with van der Waals surface area (Å²) in [6.07, 6.45) is 0. The molecule has 0 aliphatic carbocycles. The van der Waals surface area contributed by atoms with E-state index in [-0.39, 0.29) is 17.1 Å². The Kier molecular flexibility index (Phi) is 4.97. The third-order valence-electron chi connectivity index (χ3n) is 2.92. The second-order valence-electron chi connectivity index (χ2n) is 6.03. The normalized spacial score (nSPS) is 11.8. The van der Waals surface area contributed by atoms with Crippen molar-refractivity contribution in [3.8, 4) is 0 Å². The van der Waals surface area contributed by atoms with E-state index in [1.807, 2.05) is 34.6 Å². The monoisotopic (exact) mass is 297 g/mol. The number of Topliss-reactive ketones (excluding diaryl/α,β-unsaturated/α-hetero) is 1. The highest BCUT2D eigenvalue weighted by Gasteiger charge is 2.33. The maximum absolute atomic E-state index is 12.4. The minimum Gasteiger partial charge on any atom is -0.462 e. The molecule has 2 N–H and O–H groups in total. The number of anilines is 1. The van der Waals surface area contributed by atoms with Crippen LogP contribution in [0.4, 0.5) is 5.00 Å². The molecule has 0 amide bonds. The topological polar surface area (TPSA) is 69.4 Å². The lowest BCUT2D eigenvalue weighted by Crippen LogP contribution is -2.21. The van der Waals surface area contributed by atoms with Crippen molar-refractivity contribution < 1.29 is 14.3 Å². The predicted molar refractivity (Wildman–Crippen MR) is 82.6 cm³/mol. The largest absolute Gasteiger partial charge is 0.462 e. The molecule has 0 saturated heterocycles. The van der Waals surface area contributed by atoms with E-state index in [0.29, 0.717) is 27.6 Å². The predicted octanol–water partition coefficient (Wildman–Crippen LogP) is 3.64. The quantitative estimate of drug-likeness (QED) is 0.680. The van der Waals surface area contributed by atoms with E-state index in [0.717, 1.165) is 11.3 Å². The Balaban J connectivity index is 3.53. The highest BCUT2D eigenvalue weighted by Crippen LogP contribution is 2.40. The molecule has 20 heavy (non-hydrogen) atoms. The summed E-state index contributed by atoms with van der Waals surface area (Å²) in [5, 5.41) is 0.400. The first-order valence-electron chi connectivity index (χ1n) is 6.75. The van der Waals surface area contributed by atoms with Gasteiger partial charge in [0.2, 0.25) is 0 Å². The number of nitrogens with two attached hydrogens (primary N) is 1. The number of hydrogen-bond donors (Lipinski definition) is 1. The summed E-state index contributed by atoms with van der Waals surface area (Å²) in [4.78, 5) is 24.9.